The summed E-state index contributed by atoms with van der Waals surface area (Å²) in [6.45, 7) is 2.08. The third-order valence-electron chi connectivity index (χ3n) is 5.15. The van der Waals surface area contributed by atoms with Crippen LogP contribution in [0.4, 0.5) is 0 Å². The van der Waals surface area contributed by atoms with E-state index < -0.39 is 11.9 Å². The predicted octanol–water partition coefficient (Wildman–Crippen LogP) is 2.96. The van der Waals surface area contributed by atoms with Crippen LogP contribution in [0.15, 0.2) is 0 Å². The first-order valence-corrected chi connectivity index (χ1v) is 8.12. The average Bonchev–Trinajstić information content (AvgIpc) is 2.48. The molecule has 2 saturated carbocycles. The maximum atomic E-state index is 12.4. The molecule has 0 unspecified atom stereocenters. The van der Waals surface area contributed by atoms with E-state index in [0.29, 0.717) is 12.3 Å². The van der Waals surface area contributed by atoms with Crippen molar-refractivity contribution >= 4 is 11.9 Å². The zero-order valence-corrected chi connectivity index (χ0v) is 12.4. The molecule has 2 aliphatic carbocycles. The van der Waals surface area contributed by atoms with Gasteiger partial charge in [0.1, 0.15) is 0 Å². The zero-order chi connectivity index (χ0) is 14.5. The number of carbonyl (C=O) groups is 2. The Kier molecular flexibility index (Phi) is 5.44. The molecule has 2 aliphatic rings. The molecule has 2 N–H and O–H groups in total. The smallest absolute Gasteiger partial charge is 0.307 e. The summed E-state index contributed by atoms with van der Waals surface area (Å²) in [4.78, 5) is 23.7. The lowest BCUT2D eigenvalue weighted by Gasteiger charge is -2.32. The van der Waals surface area contributed by atoms with Crippen molar-refractivity contribution in [1.29, 1.82) is 0 Å². The molecule has 0 saturated heterocycles. The van der Waals surface area contributed by atoms with Gasteiger partial charge in [0.15, 0.2) is 0 Å². The quantitative estimate of drug-likeness (QED) is 0.832. The summed E-state index contributed by atoms with van der Waals surface area (Å²) in [5.41, 5.74) is 0. The van der Waals surface area contributed by atoms with Crippen LogP contribution in [0.5, 0.6) is 0 Å². The Hall–Kier alpha value is -1.06. The van der Waals surface area contributed by atoms with Crippen LogP contribution in [0.1, 0.15) is 64.7 Å². The number of amides is 1. The minimum absolute atomic E-state index is 0.0322. The second kappa shape index (κ2) is 7.09. The standard InChI is InChI=1S/C16H27NO3/c1-11(12-7-3-2-4-8-12)17-15(18)13-9-5-6-10-14(13)16(19)20/h11-14H,2-10H2,1H3,(H,17,18)(H,19,20)/t11-,13-,14+/m1/s1. The number of nitrogens with one attached hydrogen (secondary N) is 1. The summed E-state index contributed by atoms with van der Waals surface area (Å²) in [5.74, 6) is -1.08. The topological polar surface area (TPSA) is 66.4 Å². The molecule has 0 aromatic rings. The van der Waals surface area contributed by atoms with E-state index in [0.717, 1.165) is 19.3 Å². The van der Waals surface area contributed by atoms with Crippen molar-refractivity contribution in [2.75, 3.05) is 0 Å². The van der Waals surface area contributed by atoms with Gasteiger partial charge in [-0.1, -0.05) is 32.1 Å². The second-order valence-corrected chi connectivity index (χ2v) is 6.53. The van der Waals surface area contributed by atoms with E-state index >= 15 is 0 Å². The Morgan fingerprint density at radius 2 is 1.50 bits per heavy atom. The largest absolute Gasteiger partial charge is 0.481 e. The van der Waals surface area contributed by atoms with E-state index in [2.05, 4.69) is 12.2 Å². The number of hydrogen-bond donors (Lipinski definition) is 2. The third kappa shape index (κ3) is 3.74. The molecule has 0 spiro atoms. The first kappa shape index (κ1) is 15.3. The highest BCUT2D eigenvalue weighted by molar-refractivity contribution is 5.85. The van der Waals surface area contributed by atoms with Crippen LogP contribution in [-0.2, 0) is 9.59 Å². The van der Waals surface area contributed by atoms with Gasteiger partial charge in [0.2, 0.25) is 5.91 Å². The van der Waals surface area contributed by atoms with Crippen LogP contribution in [0.3, 0.4) is 0 Å². The summed E-state index contributed by atoms with van der Waals surface area (Å²) in [6, 6.07) is 0.180. The van der Waals surface area contributed by atoms with Crippen molar-refractivity contribution < 1.29 is 14.7 Å². The SMILES string of the molecule is C[C@@H](NC(=O)[C@@H]1CCCC[C@@H]1C(=O)O)C1CCCCC1. The highest BCUT2D eigenvalue weighted by Gasteiger charge is 2.36. The molecule has 0 heterocycles. The molecule has 4 nitrogen and oxygen atoms in total. The number of carboxylic acid groups (broad SMARTS) is 1. The van der Waals surface area contributed by atoms with Crippen molar-refractivity contribution in [1.82, 2.24) is 5.32 Å². The monoisotopic (exact) mass is 281 g/mol. The van der Waals surface area contributed by atoms with E-state index in [9.17, 15) is 14.7 Å². The van der Waals surface area contributed by atoms with Gasteiger partial charge in [0.25, 0.3) is 0 Å². The Balaban J connectivity index is 1.90. The number of rotatable bonds is 4. The van der Waals surface area contributed by atoms with Crippen molar-refractivity contribution in [2.45, 2.75) is 70.8 Å². The molecule has 0 aliphatic heterocycles. The Labute approximate surface area is 121 Å². The average molecular weight is 281 g/mol. The normalized spacial score (nSPS) is 29.6. The maximum absolute atomic E-state index is 12.4. The molecular formula is C16H27NO3. The number of carbonyl (C=O) groups excluding carboxylic acids is 1. The van der Waals surface area contributed by atoms with Gasteiger partial charge < -0.3 is 10.4 Å². The number of carboxylic acids is 1. The van der Waals surface area contributed by atoms with Gasteiger partial charge in [-0.2, -0.15) is 0 Å². The second-order valence-electron chi connectivity index (χ2n) is 6.53. The number of aliphatic carboxylic acids is 1. The Bertz CT molecular complexity index is 350. The predicted molar refractivity (Wildman–Crippen MR) is 77.3 cm³/mol. The van der Waals surface area contributed by atoms with E-state index in [1.165, 1.54) is 32.1 Å². The Morgan fingerprint density at radius 1 is 0.950 bits per heavy atom. The summed E-state index contributed by atoms with van der Waals surface area (Å²) in [5, 5.41) is 12.4. The van der Waals surface area contributed by atoms with Gasteiger partial charge in [-0.3, -0.25) is 9.59 Å². The summed E-state index contributed by atoms with van der Waals surface area (Å²) in [6.07, 6.45) is 9.46. The summed E-state index contributed by atoms with van der Waals surface area (Å²) >= 11 is 0. The van der Waals surface area contributed by atoms with E-state index in [1.54, 1.807) is 0 Å². The lowest BCUT2D eigenvalue weighted by atomic mass is 9.78. The van der Waals surface area contributed by atoms with Gasteiger partial charge in [-0.15, -0.1) is 0 Å². The minimum Gasteiger partial charge on any atom is -0.481 e. The van der Waals surface area contributed by atoms with Gasteiger partial charge in [-0.25, -0.2) is 0 Å². The fourth-order valence-corrected chi connectivity index (χ4v) is 3.82. The third-order valence-corrected chi connectivity index (χ3v) is 5.15. The van der Waals surface area contributed by atoms with Crippen LogP contribution in [0.2, 0.25) is 0 Å². The molecule has 1 amide bonds. The highest BCUT2D eigenvalue weighted by Crippen LogP contribution is 2.31. The first-order chi connectivity index (χ1) is 9.59. The maximum Gasteiger partial charge on any atom is 0.307 e. The first-order valence-electron chi connectivity index (χ1n) is 8.12. The van der Waals surface area contributed by atoms with Crippen LogP contribution in [0.25, 0.3) is 0 Å². The lowest BCUT2D eigenvalue weighted by Crippen LogP contribution is -2.45. The molecule has 0 bridgehead atoms. The molecule has 4 heteroatoms. The van der Waals surface area contributed by atoms with Gasteiger partial charge in [0, 0.05) is 6.04 Å². The van der Waals surface area contributed by atoms with E-state index in [4.69, 9.17) is 0 Å². The Morgan fingerprint density at radius 3 is 2.10 bits per heavy atom. The fraction of sp³-hybridized carbons (Fsp3) is 0.875. The molecule has 0 radical (unpaired) electrons. The van der Waals surface area contributed by atoms with Crippen molar-refractivity contribution in [3.63, 3.8) is 0 Å². The van der Waals surface area contributed by atoms with Gasteiger partial charge in [0.05, 0.1) is 11.8 Å². The molecular weight excluding hydrogens is 254 g/mol. The molecule has 20 heavy (non-hydrogen) atoms. The van der Waals surface area contributed by atoms with Crippen molar-refractivity contribution in [3.05, 3.63) is 0 Å². The van der Waals surface area contributed by atoms with Gasteiger partial charge >= 0.3 is 5.97 Å². The van der Waals surface area contributed by atoms with E-state index in [-0.39, 0.29) is 17.9 Å². The lowest BCUT2D eigenvalue weighted by molar-refractivity contribution is -0.149. The molecule has 114 valence electrons. The molecule has 2 fully saturated rings. The number of hydrogen-bond acceptors (Lipinski definition) is 2. The summed E-state index contributed by atoms with van der Waals surface area (Å²) < 4.78 is 0. The van der Waals surface area contributed by atoms with Crippen LogP contribution >= 0.6 is 0 Å². The van der Waals surface area contributed by atoms with E-state index in [1.807, 2.05) is 0 Å². The minimum atomic E-state index is -0.810. The van der Waals surface area contributed by atoms with Gasteiger partial charge in [-0.05, 0) is 38.5 Å². The molecule has 0 aromatic heterocycles. The van der Waals surface area contributed by atoms with Crippen LogP contribution in [0, 0.1) is 17.8 Å². The highest BCUT2D eigenvalue weighted by atomic mass is 16.4. The van der Waals surface area contributed by atoms with Crippen LogP contribution < -0.4 is 5.32 Å². The fourth-order valence-electron chi connectivity index (χ4n) is 3.82. The molecule has 0 aromatic carbocycles. The van der Waals surface area contributed by atoms with Crippen molar-refractivity contribution in [3.8, 4) is 0 Å². The zero-order valence-electron chi connectivity index (χ0n) is 12.4. The molecule has 2 rings (SSSR count). The molecule has 3 atom stereocenters. The summed E-state index contributed by atoms with van der Waals surface area (Å²) in [7, 11) is 0. The van der Waals surface area contributed by atoms with Crippen molar-refractivity contribution in [2.24, 2.45) is 17.8 Å². The van der Waals surface area contributed by atoms with Crippen LogP contribution in [-0.4, -0.2) is 23.0 Å².